The average molecular weight is 321 g/mol. The molecule has 0 spiro atoms. The van der Waals surface area contributed by atoms with Gasteiger partial charge in [-0.25, -0.2) is 0 Å². The molecule has 1 saturated carbocycles. The number of aromatic nitrogens is 1. The van der Waals surface area contributed by atoms with E-state index in [4.69, 9.17) is 10.1 Å². The first-order valence-corrected chi connectivity index (χ1v) is 6.86. The molecule has 5 heteroatoms. The smallest absolute Gasteiger partial charge is 0.182 e. The summed E-state index contributed by atoms with van der Waals surface area (Å²) in [6.07, 6.45) is 8.89. The predicted molar refractivity (Wildman–Crippen MR) is 76.2 cm³/mol. The van der Waals surface area contributed by atoms with Gasteiger partial charge in [-0.05, 0) is 18.8 Å². The summed E-state index contributed by atoms with van der Waals surface area (Å²) in [4.78, 5) is 2.07. The first-order valence-electron chi connectivity index (χ1n) is 6.05. The van der Waals surface area contributed by atoms with Crippen LogP contribution in [0.5, 0.6) is 0 Å². The maximum Gasteiger partial charge on any atom is 0.182 e. The molecular weight excluding hydrogens is 300 g/mol. The second kappa shape index (κ2) is 7.34. The number of ether oxygens (including phenoxy) is 1. The lowest BCUT2D eigenvalue weighted by Crippen LogP contribution is -2.14. The van der Waals surface area contributed by atoms with E-state index in [1.165, 1.54) is 37.0 Å². The number of hydrogen-bond donors (Lipinski definition) is 1. The summed E-state index contributed by atoms with van der Waals surface area (Å²) < 4.78 is 7.07. The van der Waals surface area contributed by atoms with Crippen molar-refractivity contribution in [1.82, 2.24) is 4.57 Å². The van der Waals surface area contributed by atoms with E-state index in [-0.39, 0.29) is 17.0 Å². The van der Waals surface area contributed by atoms with Gasteiger partial charge in [0.05, 0.1) is 6.61 Å². The number of methoxy groups -OCH3 is 1. The van der Waals surface area contributed by atoms with Gasteiger partial charge >= 0.3 is 0 Å². The Balaban J connectivity index is 0.00000144. The SMILES string of the molecule is Br.COCCn1cc(C2CCCCC2)sc1=N. The number of nitrogens with zero attached hydrogens (tertiary/aromatic N) is 1. The molecule has 1 N–H and O–H groups in total. The van der Waals surface area contributed by atoms with E-state index in [0.29, 0.717) is 17.3 Å². The predicted octanol–water partition coefficient (Wildman–Crippen LogP) is 3.30. The molecule has 1 aliphatic carbocycles. The molecule has 0 aromatic carbocycles. The maximum atomic E-state index is 7.91. The normalized spacial score (nSPS) is 16.8. The molecule has 0 saturated heterocycles. The molecule has 0 radical (unpaired) electrons. The molecule has 0 aliphatic heterocycles. The Morgan fingerprint density at radius 3 is 2.76 bits per heavy atom. The third-order valence-electron chi connectivity index (χ3n) is 3.30. The Morgan fingerprint density at radius 1 is 1.41 bits per heavy atom. The maximum absolute atomic E-state index is 7.91. The van der Waals surface area contributed by atoms with Gasteiger partial charge in [0.1, 0.15) is 0 Å². The Kier molecular flexibility index (Phi) is 6.44. The number of hydrogen-bond acceptors (Lipinski definition) is 3. The zero-order valence-electron chi connectivity index (χ0n) is 10.3. The van der Waals surface area contributed by atoms with Gasteiger partial charge in [0.25, 0.3) is 0 Å². The van der Waals surface area contributed by atoms with E-state index >= 15 is 0 Å². The van der Waals surface area contributed by atoms with Crippen molar-refractivity contribution in [1.29, 1.82) is 5.41 Å². The van der Waals surface area contributed by atoms with Crippen molar-refractivity contribution in [2.75, 3.05) is 13.7 Å². The van der Waals surface area contributed by atoms with Crippen LogP contribution in [0.15, 0.2) is 6.20 Å². The summed E-state index contributed by atoms with van der Waals surface area (Å²) in [7, 11) is 1.71. The number of thiazole rings is 1. The molecule has 0 amide bonds. The molecule has 1 heterocycles. The lowest BCUT2D eigenvalue weighted by Gasteiger charge is -2.19. The number of nitrogens with one attached hydrogen (secondary N) is 1. The monoisotopic (exact) mass is 320 g/mol. The van der Waals surface area contributed by atoms with Crippen molar-refractivity contribution in [2.45, 2.75) is 44.6 Å². The minimum atomic E-state index is 0. The van der Waals surface area contributed by atoms with Crippen LogP contribution in [0.4, 0.5) is 0 Å². The minimum absolute atomic E-state index is 0. The van der Waals surface area contributed by atoms with Crippen LogP contribution in [0.3, 0.4) is 0 Å². The second-order valence-electron chi connectivity index (χ2n) is 4.46. The van der Waals surface area contributed by atoms with Crippen molar-refractivity contribution in [2.24, 2.45) is 0 Å². The Hall–Kier alpha value is -0.130. The Bertz CT molecular complexity index is 382. The van der Waals surface area contributed by atoms with Crippen LogP contribution in [0.25, 0.3) is 0 Å². The fourth-order valence-corrected chi connectivity index (χ4v) is 3.41. The summed E-state index contributed by atoms with van der Waals surface area (Å²) in [5.74, 6) is 0.714. The van der Waals surface area contributed by atoms with Gasteiger partial charge in [0, 0.05) is 24.7 Å². The van der Waals surface area contributed by atoms with Gasteiger partial charge in [0.2, 0.25) is 0 Å². The zero-order valence-corrected chi connectivity index (χ0v) is 12.8. The average Bonchev–Trinajstić information content (AvgIpc) is 2.69. The highest BCUT2D eigenvalue weighted by Gasteiger charge is 2.17. The third-order valence-corrected chi connectivity index (χ3v) is 4.40. The molecule has 17 heavy (non-hydrogen) atoms. The molecule has 0 unspecified atom stereocenters. The highest BCUT2D eigenvalue weighted by atomic mass is 79.9. The molecule has 1 aromatic heterocycles. The van der Waals surface area contributed by atoms with Crippen molar-refractivity contribution in [3.63, 3.8) is 0 Å². The molecule has 3 nitrogen and oxygen atoms in total. The molecule has 2 rings (SSSR count). The van der Waals surface area contributed by atoms with E-state index in [9.17, 15) is 0 Å². The first kappa shape index (κ1) is 14.9. The topological polar surface area (TPSA) is 38.0 Å². The highest BCUT2D eigenvalue weighted by molar-refractivity contribution is 8.93. The lowest BCUT2D eigenvalue weighted by molar-refractivity contribution is 0.186. The second-order valence-corrected chi connectivity index (χ2v) is 5.52. The molecule has 1 aliphatic rings. The van der Waals surface area contributed by atoms with Gasteiger partial charge in [-0.15, -0.1) is 28.3 Å². The van der Waals surface area contributed by atoms with Gasteiger partial charge in [-0.1, -0.05) is 19.3 Å². The third kappa shape index (κ3) is 3.93. The van der Waals surface area contributed by atoms with Crippen LogP contribution in [-0.2, 0) is 11.3 Å². The van der Waals surface area contributed by atoms with Crippen molar-refractivity contribution >= 4 is 28.3 Å². The molecule has 1 aromatic rings. The zero-order chi connectivity index (χ0) is 11.4. The minimum Gasteiger partial charge on any atom is -0.383 e. The van der Waals surface area contributed by atoms with Gasteiger partial charge in [-0.3, -0.25) is 5.41 Å². The molecule has 98 valence electrons. The summed E-state index contributed by atoms with van der Waals surface area (Å²) in [6, 6.07) is 0. The van der Waals surface area contributed by atoms with Crippen molar-refractivity contribution in [3.05, 3.63) is 15.9 Å². The lowest BCUT2D eigenvalue weighted by atomic mass is 9.88. The van der Waals surface area contributed by atoms with Crippen LogP contribution in [0, 0.1) is 5.41 Å². The fraction of sp³-hybridized carbons (Fsp3) is 0.750. The van der Waals surface area contributed by atoms with E-state index in [1.807, 2.05) is 4.57 Å². The first-order chi connectivity index (χ1) is 7.81. The van der Waals surface area contributed by atoms with Gasteiger partial charge in [-0.2, -0.15) is 0 Å². The Morgan fingerprint density at radius 2 is 2.12 bits per heavy atom. The van der Waals surface area contributed by atoms with Crippen LogP contribution >= 0.6 is 28.3 Å². The van der Waals surface area contributed by atoms with E-state index in [0.717, 1.165) is 6.54 Å². The largest absolute Gasteiger partial charge is 0.383 e. The molecule has 0 bridgehead atoms. The molecule has 0 atom stereocenters. The summed E-state index contributed by atoms with van der Waals surface area (Å²) in [6.45, 7) is 1.50. The van der Waals surface area contributed by atoms with Crippen LogP contribution in [0.1, 0.15) is 42.9 Å². The highest BCUT2D eigenvalue weighted by Crippen LogP contribution is 2.33. The summed E-state index contributed by atoms with van der Waals surface area (Å²) >= 11 is 1.65. The van der Waals surface area contributed by atoms with E-state index < -0.39 is 0 Å². The van der Waals surface area contributed by atoms with Gasteiger partial charge in [0.15, 0.2) is 4.80 Å². The van der Waals surface area contributed by atoms with E-state index in [1.54, 1.807) is 18.4 Å². The van der Waals surface area contributed by atoms with Crippen molar-refractivity contribution < 1.29 is 4.74 Å². The number of rotatable bonds is 4. The molecular formula is C12H21BrN2OS. The van der Waals surface area contributed by atoms with Crippen LogP contribution < -0.4 is 4.80 Å². The standard InChI is InChI=1S/C12H20N2OS.BrH/c1-15-8-7-14-9-11(16-12(14)13)10-5-3-2-4-6-10;/h9-10,13H,2-8H2,1H3;1H. The fourth-order valence-electron chi connectivity index (χ4n) is 2.34. The van der Waals surface area contributed by atoms with Gasteiger partial charge < -0.3 is 9.30 Å². The summed E-state index contributed by atoms with van der Waals surface area (Å²) in [5.41, 5.74) is 0. The van der Waals surface area contributed by atoms with Crippen molar-refractivity contribution in [3.8, 4) is 0 Å². The molecule has 1 fully saturated rings. The quantitative estimate of drug-likeness (QED) is 0.908. The Labute approximate surface area is 117 Å². The number of halogens is 1. The van der Waals surface area contributed by atoms with Crippen LogP contribution in [-0.4, -0.2) is 18.3 Å². The van der Waals surface area contributed by atoms with E-state index in [2.05, 4.69) is 6.20 Å². The summed E-state index contributed by atoms with van der Waals surface area (Å²) in [5, 5.41) is 7.91. The van der Waals surface area contributed by atoms with Crippen LogP contribution in [0.2, 0.25) is 0 Å².